The van der Waals surface area contributed by atoms with Gasteiger partial charge in [0.2, 0.25) is 5.91 Å². The summed E-state index contributed by atoms with van der Waals surface area (Å²) in [5.41, 5.74) is 7.97. The van der Waals surface area contributed by atoms with E-state index in [1.54, 1.807) is 4.90 Å². The average molecular weight is 275 g/mol. The average Bonchev–Trinajstić information content (AvgIpc) is 2.88. The Balaban J connectivity index is 2.27. The monoisotopic (exact) mass is 275 g/mol. The first-order valence-corrected chi connectivity index (χ1v) is 6.86. The first-order chi connectivity index (χ1) is 9.49. The van der Waals surface area contributed by atoms with Gasteiger partial charge in [0, 0.05) is 18.2 Å². The van der Waals surface area contributed by atoms with Crippen molar-refractivity contribution < 1.29 is 9.59 Å². The van der Waals surface area contributed by atoms with Crippen LogP contribution in [0, 0.1) is 13.8 Å². The maximum Gasteiger partial charge on any atom is 0.254 e. The quantitative estimate of drug-likeness (QED) is 0.844. The van der Waals surface area contributed by atoms with Crippen molar-refractivity contribution in [2.45, 2.75) is 26.3 Å². The second-order valence-electron chi connectivity index (χ2n) is 5.36. The van der Waals surface area contributed by atoms with Crippen molar-refractivity contribution in [2.24, 2.45) is 5.73 Å². The summed E-state index contributed by atoms with van der Waals surface area (Å²) in [7, 11) is 0. The topological polar surface area (TPSA) is 75.4 Å². The highest BCUT2D eigenvalue weighted by Gasteiger charge is 2.29. The summed E-state index contributed by atoms with van der Waals surface area (Å²) in [6.45, 7) is 5.45. The molecule has 2 rings (SSSR count). The van der Waals surface area contributed by atoms with E-state index in [0.29, 0.717) is 12.1 Å². The molecular weight excluding hydrogens is 254 g/mol. The van der Waals surface area contributed by atoms with Crippen LogP contribution in [-0.2, 0) is 4.79 Å². The molecule has 1 heterocycles. The van der Waals surface area contributed by atoms with Crippen LogP contribution in [0.15, 0.2) is 18.2 Å². The fourth-order valence-electron chi connectivity index (χ4n) is 2.65. The summed E-state index contributed by atoms with van der Waals surface area (Å²) in [6, 6.07) is 5.75. The number of benzene rings is 1. The number of hydrogen-bond acceptors (Lipinski definition) is 3. The van der Waals surface area contributed by atoms with Gasteiger partial charge in [-0.25, -0.2) is 0 Å². The third kappa shape index (κ3) is 3.17. The van der Waals surface area contributed by atoms with Gasteiger partial charge in [-0.3, -0.25) is 9.59 Å². The zero-order chi connectivity index (χ0) is 14.7. The molecule has 2 amide bonds. The molecule has 0 radical (unpaired) electrons. The summed E-state index contributed by atoms with van der Waals surface area (Å²) in [6.07, 6.45) is 0.851. The molecule has 1 fully saturated rings. The third-order valence-corrected chi connectivity index (χ3v) is 3.67. The number of aryl methyl sites for hydroxylation is 2. The van der Waals surface area contributed by atoms with Gasteiger partial charge in [-0.1, -0.05) is 17.7 Å². The van der Waals surface area contributed by atoms with Gasteiger partial charge < -0.3 is 16.0 Å². The lowest BCUT2D eigenvalue weighted by atomic mass is 10.0. The number of primary amides is 1. The molecule has 1 saturated heterocycles. The van der Waals surface area contributed by atoms with Gasteiger partial charge >= 0.3 is 0 Å². The van der Waals surface area contributed by atoms with E-state index in [2.05, 4.69) is 5.32 Å². The molecular formula is C15H21N3O2. The number of nitrogens with two attached hydrogens (primary N) is 1. The van der Waals surface area contributed by atoms with Crippen LogP contribution in [0.2, 0.25) is 0 Å². The number of carbonyl (C=O) groups is 2. The number of nitrogens with zero attached hydrogens (tertiary/aromatic N) is 1. The summed E-state index contributed by atoms with van der Waals surface area (Å²) >= 11 is 0. The molecule has 5 nitrogen and oxygen atoms in total. The second kappa shape index (κ2) is 6.05. The minimum atomic E-state index is -0.477. The largest absolute Gasteiger partial charge is 0.368 e. The van der Waals surface area contributed by atoms with Crippen LogP contribution in [0.25, 0.3) is 0 Å². The maximum atomic E-state index is 12.7. The first-order valence-electron chi connectivity index (χ1n) is 6.86. The summed E-state index contributed by atoms with van der Waals surface area (Å²) in [5.74, 6) is -0.593. The molecule has 20 heavy (non-hydrogen) atoms. The van der Waals surface area contributed by atoms with Crippen LogP contribution < -0.4 is 11.1 Å². The Bertz CT molecular complexity index is 522. The second-order valence-corrected chi connectivity index (χ2v) is 5.36. The Hall–Kier alpha value is -1.88. The zero-order valence-corrected chi connectivity index (χ0v) is 12.0. The minimum Gasteiger partial charge on any atom is -0.368 e. The van der Waals surface area contributed by atoms with Crippen molar-refractivity contribution in [3.8, 4) is 0 Å². The fraction of sp³-hybridized carbons (Fsp3) is 0.467. The highest BCUT2D eigenvalue weighted by molar-refractivity contribution is 5.97. The highest BCUT2D eigenvalue weighted by Crippen LogP contribution is 2.17. The van der Waals surface area contributed by atoms with Gasteiger partial charge in [0.15, 0.2) is 0 Å². The number of nitrogens with one attached hydrogen (secondary N) is 1. The first kappa shape index (κ1) is 14.5. The normalized spacial score (nSPS) is 18.0. The highest BCUT2D eigenvalue weighted by atomic mass is 16.2. The summed E-state index contributed by atoms with van der Waals surface area (Å²) in [5, 5.41) is 3.21. The molecule has 0 bridgehead atoms. The Kier molecular flexibility index (Phi) is 4.39. The van der Waals surface area contributed by atoms with Gasteiger partial charge in [-0.05, 0) is 38.4 Å². The Morgan fingerprint density at radius 1 is 1.40 bits per heavy atom. The SMILES string of the molecule is Cc1ccc(C(=O)N(CC(N)=O)C2CCNC2)c(C)c1. The predicted molar refractivity (Wildman–Crippen MR) is 77.4 cm³/mol. The smallest absolute Gasteiger partial charge is 0.254 e. The molecule has 0 spiro atoms. The van der Waals surface area contributed by atoms with Gasteiger partial charge in [-0.2, -0.15) is 0 Å². The van der Waals surface area contributed by atoms with E-state index < -0.39 is 5.91 Å². The Labute approximate surface area is 119 Å². The van der Waals surface area contributed by atoms with Gasteiger partial charge in [0.25, 0.3) is 5.91 Å². The minimum absolute atomic E-state index is 0.0293. The lowest BCUT2D eigenvalue weighted by molar-refractivity contribution is -0.119. The standard InChI is InChI=1S/C15H21N3O2/c1-10-3-4-13(11(2)7-10)15(20)18(9-14(16)19)12-5-6-17-8-12/h3-4,7,12,17H,5-6,8-9H2,1-2H3,(H2,16,19). The van der Waals surface area contributed by atoms with E-state index in [0.717, 1.165) is 24.1 Å². The van der Waals surface area contributed by atoms with E-state index in [1.165, 1.54) is 0 Å². The van der Waals surface area contributed by atoms with Crippen molar-refractivity contribution in [2.75, 3.05) is 19.6 Å². The Morgan fingerprint density at radius 3 is 2.70 bits per heavy atom. The number of hydrogen-bond donors (Lipinski definition) is 2. The van der Waals surface area contributed by atoms with E-state index in [1.807, 2.05) is 32.0 Å². The van der Waals surface area contributed by atoms with Crippen LogP contribution in [0.5, 0.6) is 0 Å². The van der Waals surface area contributed by atoms with Gasteiger partial charge in [-0.15, -0.1) is 0 Å². The molecule has 0 aliphatic carbocycles. The molecule has 0 aromatic heterocycles. The zero-order valence-electron chi connectivity index (χ0n) is 12.0. The fourth-order valence-corrected chi connectivity index (χ4v) is 2.65. The van der Waals surface area contributed by atoms with Crippen LogP contribution in [0.3, 0.4) is 0 Å². The molecule has 1 aromatic carbocycles. The van der Waals surface area contributed by atoms with Crippen molar-refractivity contribution in [1.82, 2.24) is 10.2 Å². The van der Waals surface area contributed by atoms with Crippen LogP contribution in [-0.4, -0.2) is 42.4 Å². The van der Waals surface area contributed by atoms with Crippen molar-refractivity contribution >= 4 is 11.8 Å². The molecule has 1 unspecified atom stereocenters. The molecule has 3 N–H and O–H groups in total. The van der Waals surface area contributed by atoms with Gasteiger partial charge in [0.1, 0.15) is 0 Å². The Morgan fingerprint density at radius 2 is 2.15 bits per heavy atom. The summed E-state index contributed by atoms with van der Waals surface area (Å²) < 4.78 is 0. The molecule has 0 saturated carbocycles. The summed E-state index contributed by atoms with van der Waals surface area (Å²) in [4.78, 5) is 25.5. The number of carbonyl (C=O) groups excluding carboxylic acids is 2. The van der Waals surface area contributed by atoms with Crippen LogP contribution in [0.1, 0.15) is 27.9 Å². The molecule has 1 aliphatic heterocycles. The third-order valence-electron chi connectivity index (χ3n) is 3.67. The molecule has 1 aromatic rings. The number of rotatable bonds is 4. The molecule has 1 atom stereocenters. The maximum absolute atomic E-state index is 12.7. The van der Waals surface area contributed by atoms with E-state index in [4.69, 9.17) is 5.73 Å². The van der Waals surface area contributed by atoms with Crippen LogP contribution in [0.4, 0.5) is 0 Å². The van der Waals surface area contributed by atoms with Crippen molar-refractivity contribution in [1.29, 1.82) is 0 Å². The molecule has 108 valence electrons. The van der Waals surface area contributed by atoms with E-state index in [9.17, 15) is 9.59 Å². The van der Waals surface area contributed by atoms with Crippen molar-refractivity contribution in [3.63, 3.8) is 0 Å². The lowest BCUT2D eigenvalue weighted by Crippen LogP contribution is -2.46. The lowest BCUT2D eigenvalue weighted by Gasteiger charge is -2.28. The molecule has 5 heteroatoms. The van der Waals surface area contributed by atoms with Crippen molar-refractivity contribution in [3.05, 3.63) is 34.9 Å². The van der Waals surface area contributed by atoms with E-state index >= 15 is 0 Å². The molecule has 1 aliphatic rings. The predicted octanol–water partition coefficient (Wildman–Crippen LogP) is 0.593. The number of amides is 2. The van der Waals surface area contributed by atoms with E-state index in [-0.39, 0.29) is 18.5 Å². The van der Waals surface area contributed by atoms with Gasteiger partial charge in [0.05, 0.1) is 6.54 Å². The van der Waals surface area contributed by atoms with Crippen LogP contribution >= 0.6 is 0 Å².